The Hall–Kier alpha value is -3.81. The summed E-state index contributed by atoms with van der Waals surface area (Å²) in [6, 6.07) is 13.2. The normalized spacial score (nSPS) is 23.1. The Morgan fingerprint density at radius 1 is 1.08 bits per heavy atom. The summed E-state index contributed by atoms with van der Waals surface area (Å²) in [4.78, 5) is 39.8. The summed E-state index contributed by atoms with van der Waals surface area (Å²) in [5, 5.41) is 9.79. The molecule has 1 aliphatic heterocycles. The molecule has 1 saturated carbocycles. The molecule has 0 bridgehead atoms. The number of carboxylic acid groups (broad SMARTS) is 1. The summed E-state index contributed by atoms with van der Waals surface area (Å²) in [5.41, 5.74) is 1.68. The maximum absolute atomic E-state index is 13.5. The van der Waals surface area contributed by atoms with Crippen molar-refractivity contribution in [2.45, 2.75) is 58.0 Å². The van der Waals surface area contributed by atoms with Gasteiger partial charge in [-0.2, -0.15) is 0 Å². The Morgan fingerprint density at radius 3 is 2.50 bits per heavy atom. The first kappa shape index (κ1) is 25.8. The van der Waals surface area contributed by atoms with E-state index in [4.69, 9.17) is 19.3 Å². The van der Waals surface area contributed by atoms with Gasteiger partial charge in [0.25, 0.3) is 5.56 Å². The predicted molar refractivity (Wildman–Crippen MR) is 142 cm³/mol. The van der Waals surface area contributed by atoms with Crippen LogP contribution >= 0.6 is 0 Å². The van der Waals surface area contributed by atoms with E-state index >= 15 is 0 Å². The third-order valence-corrected chi connectivity index (χ3v) is 8.12. The Balaban J connectivity index is 1.62. The fraction of sp³-hybridized carbons (Fsp3) is 0.433. The van der Waals surface area contributed by atoms with Crippen LogP contribution in [0.25, 0.3) is 10.9 Å². The van der Waals surface area contributed by atoms with Gasteiger partial charge >= 0.3 is 11.9 Å². The minimum absolute atomic E-state index is 0.0217. The molecule has 38 heavy (non-hydrogen) atoms. The summed E-state index contributed by atoms with van der Waals surface area (Å²) in [7, 11) is 1.49. The number of benzene rings is 2. The number of carbonyl (C=O) groups excluding carboxylic acids is 1. The highest BCUT2D eigenvalue weighted by Gasteiger charge is 2.62. The molecule has 2 aromatic carbocycles. The van der Waals surface area contributed by atoms with Crippen LogP contribution in [0.3, 0.4) is 0 Å². The topological polar surface area (TPSA) is 115 Å². The van der Waals surface area contributed by atoms with E-state index in [0.29, 0.717) is 23.0 Å². The lowest BCUT2D eigenvalue weighted by molar-refractivity contribution is -0.142. The number of para-hydroxylation sites is 1. The number of aromatic nitrogens is 1. The number of fused-ring (bicyclic) bond motifs is 5. The van der Waals surface area contributed by atoms with Crippen LogP contribution in [0.4, 0.5) is 0 Å². The van der Waals surface area contributed by atoms with Crippen LogP contribution in [-0.2, 0) is 9.59 Å². The van der Waals surface area contributed by atoms with Crippen LogP contribution in [0, 0.1) is 17.8 Å². The molecule has 1 aliphatic carbocycles. The Labute approximate surface area is 220 Å². The van der Waals surface area contributed by atoms with Crippen LogP contribution in [0.15, 0.2) is 47.3 Å². The number of pyridine rings is 1. The summed E-state index contributed by atoms with van der Waals surface area (Å²) in [6.07, 6.45) is -0.557. The van der Waals surface area contributed by atoms with Gasteiger partial charge in [0.15, 0.2) is 11.5 Å². The smallest absolute Gasteiger partial charge is 0.311 e. The number of methoxy groups -OCH3 is 1. The first-order chi connectivity index (χ1) is 18.0. The van der Waals surface area contributed by atoms with Gasteiger partial charge in [0, 0.05) is 17.2 Å². The highest BCUT2D eigenvalue weighted by Crippen LogP contribution is 2.67. The van der Waals surface area contributed by atoms with Crippen LogP contribution in [0.1, 0.15) is 63.5 Å². The van der Waals surface area contributed by atoms with E-state index in [-0.39, 0.29) is 47.8 Å². The van der Waals surface area contributed by atoms with E-state index < -0.39 is 17.5 Å². The fourth-order valence-electron chi connectivity index (χ4n) is 6.63. The zero-order valence-electron chi connectivity index (χ0n) is 22.2. The minimum atomic E-state index is -1.07. The molecule has 200 valence electrons. The number of aromatic amines is 1. The summed E-state index contributed by atoms with van der Waals surface area (Å²) < 4.78 is 17.6. The van der Waals surface area contributed by atoms with Crippen LogP contribution in [0.5, 0.6) is 17.2 Å². The monoisotopic (exact) mass is 519 g/mol. The molecule has 0 amide bonds. The van der Waals surface area contributed by atoms with Crippen molar-refractivity contribution in [3.05, 3.63) is 63.9 Å². The maximum Gasteiger partial charge on any atom is 0.311 e. The van der Waals surface area contributed by atoms with E-state index in [1.165, 1.54) is 7.11 Å². The van der Waals surface area contributed by atoms with Gasteiger partial charge in [-0.05, 0) is 61.4 Å². The first-order valence-corrected chi connectivity index (χ1v) is 13.0. The second kappa shape index (κ2) is 9.49. The highest BCUT2D eigenvalue weighted by atomic mass is 16.6. The molecule has 2 heterocycles. The average Bonchev–Trinajstić information content (AvgIpc) is 2.83. The number of rotatable bonds is 7. The van der Waals surface area contributed by atoms with Crippen molar-refractivity contribution < 1.29 is 28.9 Å². The Kier molecular flexibility index (Phi) is 6.45. The predicted octanol–water partition coefficient (Wildman–Crippen LogP) is 5.25. The van der Waals surface area contributed by atoms with Gasteiger partial charge in [0.1, 0.15) is 11.4 Å². The third kappa shape index (κ3) is 4.22. The van der Waals surface area contributed by atoms with Crippen LogP contribution in [0.2, 0.25) is 0 Å². The SMILES string of the molecule is COc1ccc([C@H]2[C@H]3c4c(c5ccccc5[nH]c4=O)OC(C)(C)[C@H]3[C@@H]2C(C)C)cc1OC(=O)CCC(=O)O. The number of carboxylic acids is 1. The quantitative estimate of drug-likeness (QED) is 0.324. The molecule has 0 spiro atoms. The van der Waals surface area contributed by atoms with Gasteiger partial charge in [-0.15, -0.1) is 0 Å². The van der Waals surface area contributed by atoms with Gasteiger partial charge in [-0.1, -0.05) is 32.0 Å². The van der Waals surface area contributed by atoms with Crippen LogP contribution in [-0.4, -0.2) is 34.7 Å². The fourth-order valence-corrected chi connectivity index (χ4v) is 6.63. The highest BCUT2D eigenvalue weighted by molar-refractivity contribution is 5.87. The number of hydrogen-bond donors (Lipinski definition) is 2. The summed E-state index contributed by atoms with van der Waals surface area (Å²) >= 11 is 0. The van der Waals surface area contributed by atoms with Crippen molar-refractivity contribution in [3.63, 3.8) is 0 Å². The maximum atomic E-state index is 13.5. The van der Waals surface area contributed by atoms with Gasteiger partial charge in [0.05, 0.1) is 31.0 Å². The van der Waals surface area contributed by atoms with E-state index in [1.807, 2.05) is 30.3 Å². The molecule has 8 heteroatoms. The van der Waals surface area contributed by atoms with Gasteiger partial charge in [-0.3, -0.25) is 14.4 Å². The van der Waals surface area contributed by atoms with E-state index in [1.54, 1.807) is 12.1 Å². The first-order valence-electron chi connectivity index (χ1n) is 13.0. The number of carbonyl (C=O) groups is 2. The standard InChI is InChI=1S/C30H33NO7/c1-15(2)23-24(16-10-11-19(36-5)20(14-16)37-22(34)13-12-21(32)33)25-26-28(38-30(3,4)27(23)25)17-8-6-7-9-18(17)31-29(26)35/h6-11,14-15,23-25,27H,12-13H2,1-5H3,(H,31,35)(H,32,33)/t23-,24-,25+,27+/m1/s1. The van der Waals surface area contributed by atoms with E-state index in [0.717, 1.165) is 16.5 Å². The number of ether oxygens (including phenoxy) is 3. The van der Waals surface area contributed by atoms with Crippen molar-refractivity contribution in [2.75, 3.05) is 7.11 Å². The number of aliphatic carboxylic acids is 1. The van der Waals surface area contributed by atoms with E-state index in [9.17, 15) is 14.4 Å². The lowest BCUT2D eigenvalue weighted by Crippen LogP contribution is -2.60. The molecule has 1 fully saturated rings. The second-order valence-corrected chi connectivity index (χ2v) is 11.1. The van der Waals surface area contributed by atoms with Gasteiger partial charge < -0.3 is 24.3 Å². The number of H-pyrrole nitrogens is 1. The van der Waals surface area contributed by atoms with Gasteiger partial charge in [0.2, 0.25) is 0 Å². The zero-order chi connectivity index (χ0) is 27.4. The van der Waals surface area contributed by atoms with Crippen molar-refractivity contribution in [2.24, 2.45) is 17.8 Å². The number of nitrogens with one attached hydrogen (secondary N) is 1. The third-order valence-electron chi connectivity index (χ3n) is 8.12. The molecule has 3 aromatic rings. The van der Waals surface area contributed by atoms with Crippen molar-refractivity contribution in [3.8, 4) is 17.2 Å². The van der Waals surface area contributed by atoms with Crippen molar-refractivity contribution >= 4 is 22.8 Å². The van der Waals surface area contributed by atoms with E-state index in [2.05, 4.69) is 32.7 Å². The molecular weight excluding hydrogens is 486 g/mol. The Morgan fingerprint density at radius 2 is 1.82 bits per heavy atom. The van der Waals surface area contributed by atoms with Gasteiger partial charge in [-0.25, -0.2) is 0 Å². The molecule has 2 N–H and O–H groups in total. The Bertz CT molecular complexity index is 1470. The molecule has 1 aromatic heterocycles. The molecule has 5 rings (SSSR count). The zero-order valence-corrected chi connectivity index (χ0v) is 22.2. The lowest BCUT2D eigenvalue weighted by atomic mass is 9.45. The summed E-state index contributed by atoms with van der Waals surface area (Å²) in [5.74, 6) is 0.0346. The largest absolute Gasteiger partial charge is 0.493 e. The van der Waals surface area contributed by atoms with Crippen molar-refractivity contribution in [1.82, 2.24) is 4.98 Å². The molecule has 0 radical (unpaired) electrons. The molecule has 8 nitrogen and oxygen atoms in total. The minimum Gasteiger partial charge on any atom is -0.493 e. The molecule has 0 saturated heterocycles. The van der Waals surface area contributed by atoms with Crippen LogP contribution < -0.4 is 19.8 Å². The molecule has 2 aliphatic rings. The number of esters is 1. The molecule has 4 atom stereocenters. The second-order valence-electron chi connectivity index (χ2n) is 11.1. The molecular formula is C30H33NO7. The average molecular weight is 520 g/mol. The summed E-state index contributed by atoms with van der Waals surface area (Å²) in [6.45, 7) is 8.55. The number of hydrogen-bond acceptors (Lipinski definition) is 6. The molecule has 0 unspecified atom stereocenters. The van der Waals surface area contributed by atoms with Crippen molar-refractivity contribution in [1.29, 1.82) is 0 Å². The lowest BCUT2D eigenvalue weighted by Gasteiger charge is -2.62.